The van der Waals surface area contributed by atoms with Crippen molar-refractivity contribution >= 4 is 22.3 Å². The minimum absolute atomic E-state index is 0.190. The number of phenols is 1. The molecule has 1 aliphatic rings. The van der Waals surface area contributed by atoms with E-state index in [0.29, 0.717) is 34.9 Å². The Kier molecular flexibility index (Phi) is 7.13. The van der Waals surface area contributed by atoms with Gasteiger partial charge in [-0.05, 0) is 49.2 Å². The lowest BCUT2D eigenvalue weighted by Crippen LogP contribution is -2.37. The molecular weight excluding hydrogens is 420 g/mol. The molecule has 1 aliphatic heterocycles. The number of aromatic nitrogens is 1. The number of phenolic OH excluding ortho intramolecular Hbond substituents is 1. The van der Waals surface area contributed by atoms with E-state index in [2.05, 4.69) is 21.3 Å². The average molecular weight is 449 g/mol. The molecule has 0 radical (unpaired) electrons. The molecule has 0 spiro atoms. The second kappa shape index (κ2) is 10.4. The highest BCUT2D eigenvalue weighted by Crippen LogP contribution is 2.39. The number of nitrogens with one attached hydrogen (secondary N) is 1. The van der Waals surface area contributed by atoms with E-state index < -0.39 is 0 Å². The quantitative estimate of drug-likeness (QED) is 0.394. The van der Waals surface area contributed by atoms with Crippen LogP contribution in [0, 0.1) is 18.3 Å². The van der Waals surface area contributed by atoms with Gasteiger partial charge < -0.3 is 24.6 Å². The van der Waals surface area contributed by atoms with Gasteiger partial charge in [-0.3, -0.25) is 9.88 Å². The molecule has 0 saturated carbocycles. The number of rotatable bonds is 8. The molecule has 0 bridgehead atoms. The summed E-state index contributed by atoms with van der Waals surface area (Å²) >= 11 is 0. The van der Waals surface area contributed by atoms with Gasteiger partial charge in [0.05, 0.1) is 38.2 Å². The van der Waals surface area contributed by atoms with Gasteiger partial charge in [0.1, 0.15) is 17.3 Å². The molecule has 8 heteroatoms. The number of methoxy groups -OCH3 is 1. The Labute approximate surface area is 193 Å². The number of nitriles is 1. The van der Waals surface area contributed by atoms with Crippen LogP contribution < -0.4 is 14.8 Å². The van der Waals surface area contributed by atoms with E-state index >= 15 is 0 Å². The van der Waals surface area contributed by atoms with Crippen LogP contribution in [-0.2, 0) is 4.74 Å². The lowest BCUT2D eigenvalue weighted by Gasteiger charge is -2.26. The van der Waals surface area contributed by atoms with Gasteiger partial charge >= 0.3 is 0 Å². The van der Waals surface area contributed by atoms with Crippen molar-refractivity contribution in [2.24, 2.45) is 0 Å². The molecule has 0 atom stereocenters. The predicted octanol–water partition coefficient (Wildman–Crippen LogP) is 3.97. The third kappa shape index (κ3) is 5.11. The zero-order valence-corrected chi connectivity index (χ0v) is 18.9. The molecule has 33 heavy (non-hydrogen) atoms. The maximum Gasteiger partial charge on any atom is 0.187 e. The average Bonchev–Trinajstić information content (AvgIpc) is 2.83. The number of pyridine rings is 1. The lowest BCUT2D eigenvalue weighted by molar-refractivity contribution is 0.0357. The fourth-order valence-electron chi connectivity index (χ4n) is 3.97. The summed E-state index contributed by atoms with van der Waals surface area (Å²) in [7, 11) is 1.59. The number of benzene rings is 2. The van der Waals surface area contributed by atoms with Crippen LogP contribution in [0.4, 0.5) is 11.4 Å². The molecule has 0 amide bonds. The van der Waals surface area contributed by atoms with Crippen LogP contribution >= 0.6 is 0 Å². The first-order chi connectivity index (χ1) is 16.1. The first-order valence-corrected chi connectivity index (χ1v) is 11.0. The SMILES string of the molecule is COc1c(OCCCN2CCOCC2)ccc2c(Nc3ccc(O)cc3C)c(C#N)cnc12. The third-order valence-corrected chi connectivity index (χ3v) is 5.73. The van der Waals surface area contributed by atoms with Gasteiger partial charge in [0.25, 0.3) is 0 Å². The van der Waals surface area contributed by atoms with Crippen LogP contribution in [0.5, 0.6) is 17.2 Å². The number of ether oxygens (including phenoxy) is 3. The van der Waals surface area contributed by atoms with E-state index in [0.717, 1.165) is 55.9 Å². The van der Waals surface area contributed by atoms with Crippen LogP contribution in [0.1, 0.15) is 17.5 Å². The van der Waals surface area contributed by atoms with Crippen molar-refractivity contribution in [3.8, 4) is 23.3 Å². The highest BCUT2D eigenvalue weighted by Gasteiger charge is 2.17. The van der Waals surface area contributed by atoms with Crippen molar-refractivity contribution in [3.63, 3.8) is 0 Å². The van der Waals surface area contributed by atoms with Crippen molar-refractivity contribution in [2.75, 3.05) is 51.9 Å². The minimum atomic E-state index is 0.190. The molecule has 2 aromatic carbocycles. The van der Waals surface area contributed by atoms with Crippen LogP contribution in [-0.4, -0.2) is 61.6 Å². The molecule has 3 aromatic rings. The Morgan fingerprint density at radius 2 is 2.06 bits per heavy atom. The fraction of sp³-hybridized carbons (Fsp3) is 0.360. The molecule has 0 aliphatic carbocycles. The van der Waals surface area contributed by atoms with E-state index in [1.807, 2.05) is 19.1 Å². The zero-order chi connectivity index (χ0) is 23.2. The number of aromatic hydroxyl groups is 1. The van der Waals surface area contributed by atoms with Crippen LogP contribution in [0.15, 0.2) is 36.5 Å². The molecule has 8 nitrogen and oxygen atoms in total. The molecule has 4 rings (SSSR count). The van der Waals surface area contributed by atoms with Crippen LogP contribution in [0.25, 0.3) is 10.9 Å². The Balaban J connectivity index is 1.58. The molecule has 1 saturated heterocycles. The maximum atomic E-state index is 9.71. The van der Waals surface area contributed by atoms with Gasteiger partial charge in [0, 0.05) is 36.9 Å². The molecule has 2 heterocycles. The predicted molar refractivity (Wildman–Crippen MR) is 127 cm³/mol. The molecule has 1 aromatic heterocycles. The summed E-state index contributed by atoms with van der Waals surface area (Å²) in [6.07, 6.45) is 2.43. The van der Waals surface area contributed by atoms with Crippen molar-refractivity contribution < 1.29 is 19.3 Å². The summed E-state index contributed by atoms with van der Waals surface area (Å²) in [5, 5.41) is 23.5. The monoisotopic (exact) mass is 448 g/mol. The zero-order valence-electron chi connectivity index (χ0n) is 18.9. The summed E-state index contributed by atoms with van der Waals surface area (Å²) in [5.74, 6) is 1.35. The summed E-state index contributed by atoms with van der Waals surface area (Å²) in [6, 6.07) is 11.0. The second-order valence-electron chi connectivity index (χ2n) is 7.93. The topological polar surface area (TPSA) is 99.9 Å². The van der Waals surface area contributed by atoms with Gasteiger partial charge in [-0.25, -0.2) is 0 Å². The Morgan fingerprint density at radius 3 is 2.79 bits per heavy atom. The second-order valence-corrected chi connectivity index (χ2v) is 7.93. The van der Waals surface area contributed by atoms with E-state index in [-0.39, 0.29) is 5.75 Å². The van der Waals surface area contributed by atoms with Gasteiger partial charge in [0.2, 0.25) is 0 Å². The van der Waals surface area contributed by atoms with Crippen LogP contribution in [0.3, 0.4) is 0 Å². The van der Waals surface area contributed by atoms with Crippen molar-refractivity contribution in [1.82, 2.24) is 9.88 Å². The number of fused-ring (bicyclic) bond motifs is 1. The standard InChI is InChI=1S/C25H28N4O4/c1-17-14-19(30)4-6-21(17)28-23-18(15-26)16-27-24-20(23)5-7-22(25(24)31-2)33-11-3-8-29-9-12-32-13-10-29/h4-7,14,16,30H,3,8-13H2,1-2H3,(H,27,28). The lowest BCUT2D eigenvalue weighted by atomic mass is 10.1. The van der Waals surface area contributed by atoms with Crippen molar-refractivity contribution in [3.05, 3.63) is 47.7 Å². The van der Waals surface area contributed by atoms with Gasteiger partial charge in [-0.1, -0.05) is 0 Å². The number of hydrogen-bond donors (Lipinski definition) is 2. The van der Waals surface area contributed by atoms with Crippen molar-refractivity contribution in [1.29, 1.82) is 5.26 Å². The normalized spacial score (nSPS) is 14.1. The van der Waals surface area contributed by atoms with Gasteiger partial charge in [-0.2, -0.15) is 5.26 Å². The highest BCUT2D eigenvalue weighted by molar-refractivity contribution is 6.00. The smallest absolute Gasteiger partial charge is 0.187 e. The van der Waals surface area contributed by atoms with E-state index in [1.54, 1.807) is 25.3 Å². The fourth-order valence-corrected chi connectivity index (χ4v) is 3.97. The van der Waals surface area contributed by atoms with Gasteiger partial charge in [0.15, 0.2) is 11.5 Å². The summed E-state index contributed by atoms with van der Waals surface area (Å²) in [5.41, 5.74) is 3.31. The number of morpholine rings is 1. The Bertz CT molecular complexity index is 1170. The maximum absolute atomic E-state index is 9.71. The molecule has 172 valence electrons. The number of nitrogens with zero attached hydrogens (tertiary/aromatic N) is 3. The van der Waals surface area contributed by atoms with E-state index in [4.69, 9.17) is 14.2 Å². The summed E-state index contributed by atoms with van der Waals surface area (Å²) in [4.78, 5) is 6.87. The first-order valence-electron chi connectivity index (χ1n) is 11.0. The molecule has 1 fully saturated rings. The molecular formula is C25H28N4O4. The van der Waals surface area contributed by atoms with Gasteiger partial charge in [-0.15, -0.1) is 0 Å². The Hall–Kier alpha value is -3.54. The summed E-state index contributed by atoms with van der Waals surface area (Å²) < 4.78 is 17.1. The number of aryl methyl sites for hydroxylation is 1. The van der Waals surface area contributed by atoms with E-state index in [1.165, 1.54) is 6.20 Å². The summed E-state index contributed by atoms with van der Waals surface area (Å²) in [6.45, 7) is 6.91. The minimum Gasteiger partial charge on any atom is -0.508 e. The first kappa shape index (κ1) is 22.6. The third-order valence-electron chi connectivity index (χ3n) is 5.73. The van der Waals surface area contributed by atoms with E-state index in [9.17, 15) is 10.4 Å². The van der Waals surface area contributed by atoms with Crippen molar-refractivity contribution in [2.45, 2.75) is 13.3 Å². The van der Waals surface area contributed by atoms with Crippen LogP contribution in [0.2, 0.25) is 0 Å². The molecule has 2 N–H and O–H groups in total. The molecule has 0 unspecified atom stereocenters. The largest absolute Gasteiger partial charge is 0.508 e. The highest BCUT2D eigenvalue weighted by atomic mass is 16.5. The Morgan fingerprint density at radius 1 is 1.24 bits per heavy atom. The number of hydrogen-bond acceptors (Lipinski definition) is 8. The number of anilines is 2.